The predicted octanol–water partition coefficient (Wildman–Crippen LogP) is 3.68. The van der Waals surface area contributed by atoms with Crippen molar-refractivity contribution in [3.8, 4) is 0 Å². The molecule has 0 unspecified atom stereocenters. The number of hydrogen-bond acceptors (Lipinski definition) is 2. The molecule has 2 nitrogen and oxygen atoms in total. The molecule has 0 aromatic heterocycles. The molecule has 0 aromatic carbocycles. The smallest absolute Gasteiger partial charge is 0.0643 e. The molecule has 0 atom stereocenters. The number of nitrogens with one attached hydrogen (secondary N) is 1. The first-order valence-corrected chi connectivity index (χ1v) is 5.35. The molecule has 0 spiro atoms. The van der Waals surface area contributed by atoms with E-state index >= 15 is 0 Å². The minimum Gasteiger partial charge on any atom is -0.381 e. The first-order chi connectivity index (χ1) is 7.63. The van der Waals surface area contributed by atoms with Crippen LogP contribution in [0, 0.1) is 5.41 Å². The molecular weight excluding hydrogens is 198 g/mol. The van der Waals surface area contributed by atoms with Gasteiger partial charge in [0.05, 0.1) is 12.3 Å². The Kier molecular flexibility index (Phi) is 8.08. The maximum atomic E-state index is 7.83. The Morgan fingerprint density at radius 1 is 1.31 bits per heavy atom. The lowest BCUT2D eigenvalue weighted by molar-refractivity contribution is 0.233. The van der Waals surface area contributed by atoms with Crippen LogP contribution in [0.1, 0.15) is 20.3 Å². The molecule has 0 rings (SSSR count). The number of methoxy groups -OCH3 is 1. The second-order valence-corrected chi connectivity index (χ2v) is 3.46. The lowest BCUT2D eigenvalue weighted by Gasteiger charge is -2.03. The molecule has 0 saturated heterocycles. The molecule has 2 heteroatoms. The fraction of sp³-hybridized carbons (Fsp3) is 0.357. The maximum Gasteiger partial charge on any atom is 0.0643 e. The zero-order valence-electron chi connectivity index (χ0n) is 10.4. The van der Waals surface area contributed by atoms with Crippen LogP contribution in [0.15, 0.2) is 48.1 Å². The highest BCUT2D eigenvalue weighted by molar-refractivity contribution is 6.08. The summed E-state index contributed by atoms with van der Waals surface area (Å²) in [5.74, 6) is 0. The largest absolute Gasteiger partial charge is 0.381 e. The van der Waals surface area contributed by atoms with Crippen LogP contribution in [0.2, 0.25) is 0 Å². The van der Waals surface area contributed by atoms with E-state index < -0.39 is 0 Å². The van der Waals surface area contributed by atoms with Crippen molar-refractivity contribution in [2.75, 3.05) is 13.7 Å². The lowest BCUT2D eigenvalue weighted by Crippen LogP contribution is -1.97. The fourth-order valence-corrected chi connectivity index (χ4v) is 1.25. The van der Waals surface area contributed by atoms with Crippen molar-refractivity contribution >= 4 is 5.71 Å². The Balaban J connectivity index is 4.14. The highest BCUT2D eigenvalue weighted by Crippen LogP contribution is 2.09. The van der Waals surface area contributed by atoms with Gasteiger partial charge in [-0.3, -0.25) is 0 Å². The van der Waals surface area contributed by atoms with E-state index in [2.05, 4.69) is 6.58 Å². The monoisotopic (exact) mass is 219 g/mol. The van der Waals surface area contributed by atoms with Gasteiger partial charge in [0.15, 0.2) is 0 Å². The Labute approximate surface area is 98.5 Å². The average Bonchev–Trinajstić information content (AvgIpc) is 2.23. The van der Waals surface area contributed by atoms with E-state index in [-0.39, 0.29) is 0 Å². The van der Waals surface area contributed by atoms with E-state index in [1.807, 2.05) is 38.2 Å². The number of ether oxygens (including phenoxy) is 1. The van der Waals surface area contributed by atoms with E-state index in [4.69, 9.17) is 10.1 Å². The highest BCUT2D eigenvalue weighted by Gasteiger charge is 1.99. The van der Waals surface area contributed by atoms with Crippen molar-refractivity contribution in [3.63, 3.8) is 0 Å². The van der Waals surface area contributed by atoms with Gasteiger partial charge in [-0.2, -0.15) is 0 Å². The summed E-state index contributed by atoms with van der Waals surface area (Å²) in [5.41, 5.74) is 2.33. The Hall–Kier alpha value is -1.41. The first-order valence-electron chi connectivity index (χ1n) is 5.35. The third-order valence-corrected chi connectivity index (χ3v) is 2.02. The Morgan fingerprint density at radius 2 is 2.00 bits per heavy atom. The van der Waals surface area contributed by atoms with Crippen LogP contribution < -0.4 is 0 Å². The van der Waals surface area contributed by atoms with Crippen LogP contribution in [-0.2, 0) is 4.74 Å². The summed E-state index contributed by atoms with van der Waals surface area (Å²) in [4.78, 5) is 0. The van der Waals surface area contributed by atoms with E-state index in [1.54, 1.807) is 13.2 Å². The standard InChI is InChI=1S/C14H21NO/c1-5-13(12(2)3)14(15)10-8-6-7-9-11-16-4/h5,7-10,15H,2,6,11H2,1,3-4H3/b9-7-,10-8+,13-5-,15-14?. The first kappa shape index (κ1) is 14.6. The second-order valence-electron chi connectivity index (χ2n) is 3.46. The predicted molar refractivity (Wildman–Crippen MR) is 71.1 cm³/mol. The van der Waals surface area contributed by atoms with Crippen molar-refractivity contribution in [1.82, 2.24) is 0 Å². The Morgan fingerprint density at radius 3 is 2.50 bits per heavy atom. The summed E-state index contributed by atoms with van der Waals surface area (Å²) in [6, 6.07) is 0. The molecular formula is C14H21NO. The molecule has 88 valence electrons. The normalized spacial score (nSPS) is 12.6. The number of allylic oxidation sites excluding steroid dienone is 6. The summed E-state index contributed by atoms with van der Waals surface area (Å²) in [6.45, 7) is 8.31. The second kappa shape index (κ2) is 8.86. The topological polar surface area (TPSA) is 33.1 Å². The average molecular weight is 219 g/mol. The van der Waals surface area contributed by atoms with Crippen LogP contribution >= 0.6 is 0 Å². The minimum absolute atomic E-state index is 0.509. The molecule has 0 radical (unpaired) electrons. The van der Waals surface area contributed by atoms with Gasteiger partial charge in [0.2, 0.25) is 0 Å². The van der Waals surface area contributed by atoms with Gasteiger partial charge in [0, 0.05) is 7.11 Å². The van der Waals surface area contributed by atoms with Crippen molar-refractivity contribution < 1.29 is 4.74 Å². The molecule has 1 N–H and O–H groups in total. The van der Waals surface area contributed by atoms with Crippen molar-refractivity contribution in [1.29, 1.82) is 5.41 Å². The molecule has 0 amide bonds. The molecule has 0 aliphatic rings. The van der Waals surface area contributed by atoms with Gasteiger partial charge in [-0.05, 0) is 37.5 Å². The van der Waals surface area contributed by atoms with E-state index in [1.165, 1.54) is 0 Å². The molecule has 0 heterocycles. The van der Waals surface area contributed by atoms with Crippen LogP contribution in [0.5, 0.6) is 0 Å². The van der Waals surface area contributed by atoms with Gasteiger partial charge < -0.3 is 10.1 Å². The molecule has 0 aromatic rings. The van der Waals surface area contributed by atoms with Crippen molar-refractivity contribution in [2.24, 2.45) is 0 Å². The molecule has 16 heavy (non-hydrogen) atoms. The fourth-order valence-electron chi connectivity index (χ4n) is 1.25. The van der Waals surface area contributed by atoms with E-state index in [0.717, 1.165) is 17.6 Å². The Bertz CT molecular complexity index is 322. The number of rotatable bonds is 7. The maximum absolute atomic E-state index is 7.83. The third-order valence-electron chi connectivity index (χ3n) is 2.02. The van der Waals surface area contributed by atoms with Gasteiger partial charge >= 0.3 is 0 Å². The van der Waals surface area contributed by atoms with Crippen molar-refractivity contribution in [2.45, 2.75) is 20.3 Å². The van der Waals surface area contributed by atoms with Gasteiger partial charge in [-0.15, -0.1) is 0 Å². The van der Waals surface area contributed by atoms with Crippen LogP contribution in [-0.4, -0.2) is 19.4 Å². The summed E-state index contributed by atoms with van der Waals surface area (Å²) in [7, 11) is 1.67. The molecule has 0 fully saturated rings. The molecule has 0 aliphatic carbocycles. The van der Waals surface area contributed by atoms with Crippen LogP contribution in [0.4, 0.5) is 0 Å². The number of hydrogen-bond donors (Lipinski definition) is 1. The summed E-state index contributed by atoms with van der Waals surface area (Å²) >= 11 is 0. The minimum atomic E-state index is 0.509. The highest BCUT2D eigenvalue weighted by atomic mass is 16.5. The zero-order valence-corrected chi connectivity index (χ0v) is 10.4. The van der Waals surface area contributed by atoms with Crippen molar-refractivity contribution in [3.05, 3.63) is 48.1 Å². The van der Waals surface area contributed by atoms with Gasteiger partial charge in [-0.25, -0.2) is 0 Å². The van der Waals surface area contributed by atoms with E-state index in [0.29, 0.717) is 12.3 Å². The van der Waals surface area contributed by atoms with Gasteiger partial charge in [-0.1, -0.05) is 30.9 Å². The summed E-state index contributed by atoms with van der Waals surface area (Å²) in [5, 5.41) is 7.83. The third kappa shape index (κ3) is 6.14. The van der Waals surface area contributed by atoms with Crippen LogP contribution in [0.25, 0.3) is 0 Å². The summed E-state index contributed by atoms with van der Waals surface area (Å²) in [6.07, 6.45) is 10.5. The van der Waals surface area contributed by atoms with E-state index in [9.17, 15) is 0 Å². The lowest BCUT2D eigenvalue weighted by atomic mass is 10.0. The quantitative estimate of drug-likeness (QED) is 0.395. The molecule has 0 aliphatic heterocycles. The molecule has 0 saturated carbocycles. The zero-order chi connectivity index (χ0) is 12.4. The SMILES string of the molecule is C=C(C)/C(=C/C)C(=N)/C=C/C/C=C\COC. The van der Waals surface area contributed by atoms with Gasteiger partial charge in [0.25, 0.3) is 0 Å². The van der Waals surface area contributed by atoms with Gasteiger partial charge in [0.1, 0.15) is 0 Å². The van der Waals surface area contributed by atoms with Crippen LogP contribution in [0.3, 0.4) is 0 Å². The summed E-state index contributed by atoms with van der Waals surface area (Å²) < 4.78 is 4.88. The molecule has 0 bridgehead atoms.